The van der Waals surface area contributed by atoms with Gasteiger partial charge in [0, 0.05) is 32.0 Å². The third-order valence-electron chi connectivity index (χ3n) is 6.66. The van der Waals surface area contributed by atoms with Crippen LogP contribution in [0.5, 0.6) is 5.88 Å². The summed E-state index contributed by atoms with van der Waals surface area (Å²) in [6.07, 6.45) is 6.30. The first kappa shape index (κ1) is 20.7. The second-order valence-corrected chi connectivity index (χ2v) is 8.61. The molecule has 9 nitrogen and oxygen atoms in total. The minimum absolute atomic E-state index is 0.0922. The summed E-state index contributed by atoms with van der Waals surface area (Å²) in [4.78, 5) is 27.6. The van der Waals surface area contributed by atoms with Crippen molar-refractivity contribution in [2.45, 2.75) is 57.5 Å². The Morgan fingerprint density at radius 1 is 1.06 bits per heavy atom. The van der Waals surface area contributed by atoms with Gasteiger partial charge in [-0.3, -0.25) is 9.59 Å². The third kappa shape index (κ3) is 3.76. The van der Waals surface area contributed by atoms with Crippen LogP contribution in [0.3, 0.4) is 0 Å². The number of carbonyl (C=O) groups is 1. The molecule has 0 bridgehead atoms. The Morgan fingerprint density at radius 2 is 1.84 bits per heavy atom. The lowest BCUT2D eigenvalue weighted by Crippen LogP contribution is -2.42. The van der Waals surface area contributed by atoms with Crippen LogP contribution < -0.4 is 10.3 Å². The van der Waals surface area contributed by atoms with E-state index in [9.17, 15) is 9.59 Å². The maximum Gasteiger partial charge on any atom is 0.275 e. The average molecular weight is 437 g/mol. The number of carbonyl (C=O) groups excluding carboxylic acids is 1. The van der Waals surface area contributed by atoms with E-state index in [0.717, 1.165) is 37.5 Å². The normalized spacial score (nSPS) is 17.2. The quantitative estimate of drug-likeness (QED) is 0.622. The number of hydrogen-bond donors (Lipinski definition) is 0. The number of aromatic nitrogens is 5. The lowest BCUT2D eigenvalue weighted by atomic mass is 9.95. The molecule has 1 aromatic carbocycles. The Balaban J connectivity index is 1.28. The number of likely N-dealkylation sites (tertiary alicyclic amines) is 1. The number of benzene rings is 1. The molecule has 0 N–H and O–H groups in total. The smallest absolute Gasteiger partial charge is 0.275 e. The SMILES string of the molecule is COc1nn(CC(=O)N2CCC(c3nnc4n3CCCCC4)CC2)c(=O)c2ccccc12. The Morgan fingerprint density at radius 3 is 2.62 bits per heavy atom. The Labute approximate surface area is 186 Å². The van der Waals surface area contributed by atoms with E-state index in [2.05, 4.69) is 19.9 Å². The molecule has 9 heteroatoms. The predicted molar refractivity (Wildman–Crippen MR) is 119 cm³/mol. The van der Waals surface area contributed by atoms with E-state index in [1.807, 2.05) is 11.0 Å². The molecular formula is C23H28N6O3. The largest absolute Gasteiger partial charge is 0.480 e. The van der Waals surface area contributed by atoms with Gasteiger partial charge in [-0.1, -0.05) is 18.6 Å². The molecule has 2 aromatic heterocycles. The highest BCUT2D eigenvalue weighted by atomic mass is 16.5. The van der Waals surface area contributed by atoms with E-state index >= 15 is 0 Å². The molecule has 1 amide bonds. The third-order valence-corrected chi connectivity index (χ3v) is 6.66. The van der Waals surface area contributed by atoms with Crippen molar-refractivity contribution in [1.82, 2.24) is 29.4 Å². The topological polar surface area (TPSA) is 95.1 Å². The van der Waals surface area contributed by atoms with Crippen LogP contribution in [0.1, 0.15) is 49.7 Å². The van der Waals surface area contributed by atoms with Crippen molar-refractivity contribution < 1.29 is 9.53 Å². The second kappa shape index (κ2) is 8.72. The van der Waals surface area contributed by atoms with Gasteiger partial charge in [-0.2, -0.15) is 0 Å². The van der Waals surface area contributed by atoms with Crippen molar-refractivity contribution in [2.24, 2.45) is 0 Å². The van der Waals surface area contributed by atoms with Gasteiger partial charge in [-0.05, 0) is 37.8 Å². The number of rotatable bonds is 4. The van der Waals surface area contributed by atoms with Gasteiger partial charge < -0.3 is 14.2 Å². The highest BCUT2D eigenvalue weighted by Crippen LogP contribution is 2.29. The lowest BCUT2D eigenvalue weighted by molar-refractivity contribution is -0.133. The molecule has 3 aromatic rings. The van der Waals surface area contributed by atoms with Gasteiger partial charge in [0.25, 0.3) is 5.56 Å². The highest BCUT2D eigenvalue weighted by molar-refractivity contribution is 5.86. The highest BCUT2D eigenvalue weighted by Gasteiger charge is 2.29. The molecule has 0 saturated carbocycles. The molecule has 1 saturated heterocycles. The zero-order valence-corrected chi connectivity index (χ0v) is 18.4. The molecule has 2 aliphatic rings. The van der Waals surface area contributed by atoms with Crippen LogP contribution in [0.4, 0.5) is 0 Å². The van der Waals surface area contributed by atoms with Crippen molar-refractivity contribution in [3.05, 3.63) is 46.3 Å². The monoisotopic (exact) mass is 436 g/mol. The molecule has 2 aliphatic heterocycles. The number of aryl methyl sites for hydroxylation is 1. The van der Waals surface area contributed by atoms with E-state index in [0.29, 0.717) is 35.7 Å². The second-order valence-electron chi connectivity index (χ2n) is 8.61. The van der Waals surface area contributed by atoms with Crippen LogP contribution >= 0.6 is 0 Å². The van der Waals surface area contributed by atoms with Gasteiger partial charge in [0.2, 0.25) is 11.8 Å². The average Bonchev–Trinajstić information content (AvgIpc) is 3.09. The molecule has 0 unspecified atom stereocenters. The fourth-order valence-corrected chi connectivity index (χ4v) is 4.89. The van der Waals surface area contributed by atoms with Gasteiger partial charge in [-0.25, -0.2) is 4.68 Å². The molecule has 0 spiro atoms. The predicted octanol–water partition coefficient (Wildman–Crippen LogP) is 2.13. The first-order valence-corrected chi connectivity index (χ1v) is 11.4. The summed E-state index contributed by atoms with van der Waals surface area (Å²) in [6, 6.07) is 7.16. The number of ether oxygens (including phenoxy) is 1. The summed E-state index contributed by atoms with van der Waals surface area (Å²) in [5, 5.41) is 14.4. The molecule has 0 radical (unpaired) electrons. The number of hydrogen-bond acceptors (Lipinski definition) is 6. The molecule has 32 heavy (non-hydrogen) atoms. The number of piperidine rings is 1. The summed E-state index contributed by atoms with van der Waals surface area (Å²) in [6.45, 7) is 2.19. The van der Waals surface area contributed by atoms with Gasteiger partial charge in [0.05, 0.1) is 17.9 Å². The van der Waals surface area contributed by atoms with Crippen LogP contribution in [0, 0.1) is 0 Å². The molecule has 0 aliphatic carbocycles. The van der Waals surface area contributed by atoms with Crippen LogP contribution in [0.25, 0.3) is 10.8 Å². The number of fused-ring (bicyclic) bond motifs is 2. The fourth-order valence-electron chi connectivity index (χ4n) is 4.89. The first-order chi connectivity index (χ1) is 15.7. The summed E-state index contributed by atoms with van der Waals surface area (Å²) >= 11 is 0. The first-order valence-electron chi connectivity index (χ1n) is 11.4. The van der Waals surface area contributed by atoms with Crippen LogP contribution in [0.2, 0.25) is 0 Å². The van der Waals surface area contributed by atoms with E-state index < -0.39 is 0 Å². The molecule has 168 valence electrons. The van der Waals surface area contributed by atoms with E-state index in [4.69, 9.17) is 4.74 Å². The molecule has 0 atom stereocenters. The summed E-state index contributed by atoms with van der Waals surface area (Å²) in [7, 11) is 1.52. The fraction of sp³-hybridized carbons (Fsp3) is 0.522. The minimum atomic E-state index is -0.282. The Kier molecular flexibility index (Phi) is 5.63. The van der Waals surface area contributed by atoms with E-state index in [1.54, 1.807) is 18.2 Å². The van der Waals surface area contributed by atoms with Crippen molar-refractivity contribution >= 4 is 16.7 Å². The van der Waals surface area contributed by atoms with Crippen molar-refractivity contribution in [2.75, 3.05) is 20.2 Å². The summed E-state index contributed by atoms with van der Waals surface area (Å²) in [5.41, 5.74) is -0.282. The van der Waals surface area contributed by atoms with E-state index in [-0.39, 0.29) is 18.0 Å². The van der Waals surface area contributed by atoms with Crippen molar-refractivity contribution in [3.63, 3.8) is 0 Å². The van der Waals surface area contributed by atoms with Crippen LogP contribution in [-0.4, -0.2) is 55.6 Å². The molecule has 5 rings (SSSR count). The standard InChI is InChI=1S/C23H28N6O3/c1-32-22-17-7-4-5-8-18(17)23(31)29(26-22)15-20(30)27-13-10-16(11-14-27)21-25-24-19-9-3-2-6-12-28(19)21/h4-5,7-8,16H,2-3,6,9-15H2,1H3. The Hall–Kier alpha value is -3.23. The summed E-state index contributed by atoms with van der Waals surface area (Å²) in [5.74, 6) is 2.74. The zero-order valence-electron chi connectivity index (χ0n) is 18.4. The number of amides is 1. The van der Waals surface area contributed by atoms with Crippen LogP contribution in [0.15, 0.2) is 29.1 Å². The van der Waals surface area contributed by atoms with Crippen LogP contribution in [-0.2, 0) is 24.3 Å². The van der Waals surface area contributed by atoms with Gasteiger partial charge in [-0.15, -0.1) is 15.3 Å². The van der Waals surface area contributed by atoms with Crippen molar-refractivity contribution in [3.8, 4) is 5.88 Å². The summed E-state index contributed by atoms with van der Waals surface area (Å²) < 4.78 is 8.87. The molecular weight excluding hydrogens is 408 g/mol. The van der Waals surface area contributed by atoms with Crippen molar-refractivity contribution in [1.29, 1.82) is 0 Å². The maximum atomic E-state index is 13.0. The minimum Gasteiger partial charge on any atom is -0.480 e. The maximum absolute atomic E-state index is 13.0. The lowest BCUT2D eigenvalue weighted by Gasteiger charge is -2.31. The van der Waals surface area contributed by atoms with Gasteiger partial charge in [0.15, 0.2) is 0 Å². The molecule has 1 fully saturated rings. The van der Waals surface area contributed by atoms with Gasteiger partial charge in [0.1, 0.15) is 18.2 Å². The zero-order chi connectivity index (χ0) is 22.1. The molecule has 4 heterocycles. The van der Waals surface area contributed by atoms with Gasteiger partial charge >= 0.3 is 0 Å². The number of nitrogens with zero attached hydrogens (tertiary/aromatic N) is 6. The van der Waals surface area contributed by atoms with E-state index in [1.165, 1.54) is 31.1 Å². The Bertz CT molecular complexity index is 1190. The number of methoxy groups -OCH3 is 1.